The van der Waals surface area contributed by atoms with Gasteiger partial charge < -0.3 is 15.2 Å². The maximum atomic E-state index is 13.8. The summed E-state index contributed by atoms with van der Waals surface area (Å²) in [5.41, 5.74) is -0.121. The average molecular weight is 307 g/mol. The van der Waals surface area contributed by atoms with E-state index >= 15 is 0 Å². The monoisotopic (exact) mass is 307 g/mol. The zero-order valence-electron chi connectivity index (χ0n) is 12.6. The third-order valence-corrected chi connectivity index (χ3v) is 4.79. The number of nitrogens with one attached hydrogen (secondary N) is 1. The van der Waals surface area contributed by atoms with Gasteiger partial charge in [-0.3, -0.25) is 4.79 Å². The first kappa shape index (κ1) is 15.3. The van der Waals surface area contributed by atoms with Crippen molar-refractivity contribution in [3.63, 3.8) is 0 Å². The molecule has 1 aliphatic heterocycles. The molecule has 2 fully saturated rings. The van der Waals surface area contributed by atoms with Gasteiger partial charge in [-0.1, -0.05) is 19.3 Å². The van der Waals surface area contributed by atoms with E-state index in [4.69, 9.17) is 4.74 Å². The first-order valence-electron chi connectivity index (χ1n) is 8.01. The fourth-order valence-corrected chi connectivity index (χ4v) is 3.65. The Bertz CT molecular complexity index is 549. The van der Waals surface area contributed by atoms with Crippen LogP contribution in [0.1, 0.15) is 55.3 Å². The van der Waals surface area contributed by atoms with E-state index in [0.717, 1.165) is 31.7 Å². The molecule has 1 saturated carbocycles. The molecule has 3 rings (SSSR count). The largest absolute Gasteiger partial charge is 0.508 e. The van der Waals surface area contributed by atoms with Crippen molar-refractivity contribution in [2.45, 2.75) is 56.6 Å². The molecule has 4 nitrogen and oxygen atoms in total. The predicted molar refractivity (Wildman–Crippen MR) is 80.3 cm³/mol. The zero-order valence-corrected chi connectivity index (χ0v) is 12.6. The summed E-state index contributed by atoms with van der Waals surface area (Å²) in [6.45, 7) is 0.642. The number of amides is 1. The van der Waals surface area contributed by atoms with E-state index in [9.17, 15) is 14.3 Å². The Morgan fingerprint density at radius 2 is 2.09 bits per heavy atom. The Morgan fingerprint density at radius 1 is 1.32 bits per heavy atom. The van der Waals surface area contributed by atoms with Gasteiger partial charge in [0.25, 0.3) is 5.91 Å². The number of rotatable bonds is 2. The van der Waals surface area contributed by atoms with Crippen LogP contribution in [0.4, 0.5) is 4.39 Å². The highest BCUT2D eigenvalue weighted by Crippen LogP contribution is 2.38. The smallest absolute Gasteiger partial charge is 0.254 e. The van der Waals surface area contributed by atoms with E-state index in [0.29, 0.717) is 6.61 Å². The lowest BCUT2D eigenvalue weighted by Gasteiger charge is -2.43. The molecule has 2 N–H and O–H groups in total. The number of ether oxygens (including phenoxy) is 1. The van der Waals surface area contributed by atoms with Gasteiger partial charge in [0, 0.05) is 18.7 Å². The van der Waals surface area contributed by atoms with Crippen molar-refractivity contribution in [3.8, 4) is 5.75 Å². The van der Waals surface area contributed by atoms with Gasteiger partial charge >= 0.3 is 0 Å². The number of carbonyl (C=O) groups is 1. The van der Waals surface area contributed by atoms with Crippen LogP contribution < -0.4 is 5.32 Å². The van der Waals surface area contributed by atoms with E-state index < -0.39 is 11.7 Å². The Morgan fingerprint density at radius 3 is 2.82 bits per heavy atom. The summed E-state index contributed by atoms with van der Waals surface area (Å²) in [5.74, 6) is -1.30. The minimum absolute atomic E-state index is 0.0209. The number of phenolic OH excluding ortho intramolecular Hbond substituents is 1. The summed E-state index contributed by atoms with van der Waals surface area (Å²) in [5, 5.41) is 12.1. The summed E-state index contributed by atoms with van der Waals surface area (Å²) < 4.78 is 19.8. The van der Waals surface area contributed by atoms with Gasteiger partial charge in [0.15, 0.2) is 0 Å². The molecule has 22 heavy (non-hydrogen) atoms. The lowest BCUT2D eigenvalue weighted by molar-refractivity contribution is -0.107. The van der Waals surface area contributed by atoms with Crippen molar-refractivity contribution in [3.05, 3.63) is 29.6 Å². The Hall–Kier alpha value is -1.62. The van der Waals surface area contributed by atoms with E-state index in [1.807, 2.05) is 0 Å². The van der Waals surface area contributed by atoms with Gasteiger partial charge in [-0.15, -0.1) is 0 Å². The van der Waals surface area contributed by atoms with Crippen LogP contribution in [0.3, 0.4) is 0 Å². The lowest BCUT2D eigenvalue weighted by atomic mass is 9.78. The summed E-state index contributed by atoms with van der Waals surface area (Å²) in [7, 11) is 0. The predicted octanol–water partition coefficient (Wildman–Crippen LogP) is 3.14. The Kier molecular flexibility index (Phi) is 4.34. The molecule has 1 saturated heterocycles. The molecule has 1 atom stereocenters. The quantitative estimate of drug-likeness (QED) is 0.882. The molecule has 0 unspecified atom stereocenters. The molecule has 1 aromatic carbocycles. The minimum Gasteiger partial charge on any atom is -0.508 e. The van der Waals surface area contributed by atoms with Gasteiger partial charge in [-0.05, 0) is 37.8 Å². The van der Waals surface area contributed by atoms with Crippen molar-refractivity contribution in [1.82, 2.24) is 5.32 Å². The van der Waals surface area contributed by atoms with Gasteiger partial charge in [0.2, 0.25) is 0 Å². The number of benzene rings is 1. The molecule has 0 radical (unpaired) electrons. The number of hydrogen-bond donors (Lipinski definition) is 2. The van der Waals surface area contributed by atoms with Crippen molar-refractivity contribution >= 4 is 5.91 Å². The maximum absolute atomic E-state index is 13.8. The van der Waals surface area contributed by atoms with E-state index in [-0.39, 0.29) is 23.0 Å². The van der Waals surface area contributed by atoms with E-state index in [1.165, 1.54) is 31.4 Å². The van der Waals surface area contributed by atoms with Crippen LogP contribution in [0.5, 0.6) is 5.75 Å². The second-order valence-corrected chi connectivity index (χ2v) is 6.42. The van der Waals surface area contributed by atoms with E-state index in [2.05, 4.69) is 5.32 Å². The highest BCUT2D eigenvalue weighted by atomic mass is 19.1. The molecule has 1 aliphatic carbocycles. The fourth-order valence-electron chi connectivity index (χ4n) is 3.65. The van der Waals surface area contributed by atoms with Gasteiger partial charge in [0.1, 0.15) is 11.6 Å². The van der Waals surface area contributed by atoms with Crippen molar-refractivity contribution in [1.29, 1.82) is 0 Å². The summed E-state index contributed by atoms with van der Waals surface area (Å²) in [4.78, 5) is 12.2. The molecular formula is C17H22FNO3. The number of carbonyl (C=O) groups excluding carboxylic acids is 1. The first-order chi connectivity index (χ1) is 10.6. The second kappa shape index (κ2) is 6.24. The summed E-state index contributed by atoms with van der Waals surface area (Å²) in [6.07, 6.45) is 7.26. The molecule has 1 amide bonds. The average Bonchev–Trinajstić information content (AvgIpc) is 2.48. The molecule has 2 aliphatic rings. The molecule has 1 aromatic rings. The van der Waals surface area contributed by atoms with Gasteiger partial charge in [-0.25, -0.2) is 4.39 Å². The van der Waals surface area contributed by atoms with Crippen LogP contribution in [-0.2, 0) is 4.74 Å². The number of halogens is 1. The number of aromatic hydroxyl groups is 1. The Labute approximate surface area is 129 Å². The van der Waals surface area contributed by atoms with Crippen LogP contribution >= 0.6 is 0 Å². The number of phenols is 1. The van der Waals surface area contributed by atoms with Crippen LogP contribution in [-0.4, -0.2) is 29.3 Å². The van der Waals surface area contributed by atoms with Crippen molar-refractivity contribution in [2.75, 3.05) is 6.61 Å². The molecule has 1 heterocycles. The molecule has 5 heteroatoms. The number of hydrogen-bond acceptors (Lipinski definition) is 3. The van der Waals surface area contributed by atoms with E-state index in [1.54, 1.807) is 0 Å². The highest BCUT2D eigenvalue weighted by molar-refractivity contribution is 5.94. The maximum Gasteiger partial charge on any atom is 0.254 e. The van der Waals surface area contributed by atoms with Crippen molar-refractivity contribution in [2.24, 2.45) is 0 Å². The van der Waals surface area contributed by atoms with Crippen molar-refractivity contribution < 1.29 is 19.0 Å². The van der Waals surface area contributed by atoms with Crippen LogP contribution in [0.25, 0.3) is 0 Å². The first-order valence-corrected chi connectivity index (χ1v) is 8.01. The normalized spacial score (nSPS) is 24.1. The molecule has 0 bridgehead atoms. The summed E-state index contributed by atoms with van der Waals surface area (Å²) >= 11 is 0. The fraction of sp³-hybridized carbons (Fsp3) is 0.588. The SMILES string of the molecule is O=C(N[C@H]1CCOC2(CCCCC2)C1)c1ccc(O)cc1F. The minimum atomic E-state index is -0.697. The standard InChI is InChI=1S/C17H22FNO3/c18-15-10-13(20)4-5-14(15)16(21)19-12-6-9-22-17(11-12)7-2-1-3-8-17/h4-5,10,12,20H,1-3,6-9,11H2,(H,19,21)/t12-/m0/s1. The molecule has 120 valence electrons. The lowest BCUT2D eigenvalue weighted by Crippen LogP contribution is -2.49. The third-order valence-electron chi connectivity index (χ3n) is 4.79. The second-order valence-electron chi connectivity index (χ2n) is 6.42. The molecule has 1 spiro atoms. The van der Waals surface area contributed by atoms with Gasteiger partial charge in [0.05, 0.1) is 11.2 Å². The summed E-state index contributed by atoms with van der Waals surface area (Å²) in [6, 6.07) is 3.62. The van der Waals surface area contributed by atoms with Gasteiger partial charge in [-0.2, -0.15) is 0 Å². The highest BCUT2D eigenvalue weighted by Gasteiger charge is 2.39. The molecular weight excluding hydrogens is 285 g/mol. The van der Waals surface area contributed by atoms with Crippen LogP contribution in [0.15, 0.2) is 18.2 Å². The third kappa shape index (κ3) is 3.24. The Balaban J connectivity index is 1.66. The molecule has 0 aromatic heterocycles. The zero-order chi connectivity index (χ0) is 15.6. The topological polar surface area (TPSA) is 58.6 Å². The van der Waals surface area contributed by atoms with Crippen LogP contribution in [0.2, 0.25) is 0 Å². The van der Waals surface area contributed by atoms with Crippen LogP contribution in [0, 0.1) is 5.82 Å².